The standard InChI is InChI=1S/C18H24N2O2/c1-3-8-20-16-7-6-14(10-15(16)11-17(20)21)18(22)19-9-4-5-13(2)12-19/h6-7,10,13H,3-5,8-9,11-12H2,1-2H3. The first-order valence-corrected chi connectivity index (χ1v) is 8.32. The summed E-state index contributed by atoms with van der Waals surface area (Å²) in [6.07, 6.45) is 3.65. The van der Waals surface area contributed by atoms with Crippen LogP contribution in [-0.2, 0) is 11.2 Å². The van der Waals surface area contributed by atoms with E-state index in [1.807, 2.05) is 28.0 Å². The molecule has 0 aliphatic carbocycles. The summed E-state index contributed by atoms with van der Waals surface area (Å²) in [5.74, 6) is 0.831. The quantitative estimate of drug-likeness (QED) is 0.861. The number of carbonyl (C=O) groups is 2. The second kappa shape index (κ2) is 6.11. The van der Waals surface area contributed by atoms with Crippen molar-refractivity contribution >= 4 is 17.5 Å². The molecule has 4 nitrogen and oxygen atoms in total. The van der Waals surface area contributed by atoms with Gasteiger partial charge in [0, 0.05) is 30.9 Å². The molecule has 3 rings (SSSR count). The van der Waals surface area contributed by atoms with Crippen molar-refractivity contribution in [1.29, 1.82) is 0 Å². The lowest BCUT2D eigenvalue weighted by atomic mass is 9.99. The van der Waals surface area contributed by atoms with Crippen LogP contribution in [0.4, 0.5) is 5.69 Å². The Labute approximate surface area is 132 Å². The van der Waals surface area contributed by atoms with Crippen LogP contribution in [0.25, 0.3) is 0 Å². The lowest BCUT2D eigenvalue weighted by Gasteiger charge is -2.31. The number of fused-ring (bicyclic) bond motifs is 1. The minimum absolute atomic E-state index is 0.107. The Morgan fingerprint density at radius 3 is 2.91 bits per heavy atom. The van der Waals surface area contributed by atoms with Crippen molar-refractivity contribution in [2.45, 2.75) is 39.5 Å². The molecule has 0 saturated carbocycles. The second-order valence-electron chi connectivity index (χ2n) is 6.56. The fraction of sp³-hybridized carbons (Fsp3) is 0.556. The maximum absolute atomic E-state index is 12.7. The number of hydrogen-bond donors (Lipinski definition) is 0. The van der Waals surface area contributed by atoms with E-state index in [1.54, 1.807) is 0 Å². The van der Waals surface area contributed by atoms with Crippen LogP contribution in [0.1, 0.15) is 49.0 Å². The number of nitrogens with zero attached hydrogens (tertiary/aromatic N) is 2. The van der Waals surface area contributed by atoms with Crippen LogP contribution in [-0.4, -0.2) is 36.3 Å². The van der Waals surface area contributed by atoms with E-state index in [-0.39, 0.29) is 11.8 Å². The molecular weight excluding hydrogens is 276 g/mol. The second-order valence-corrected chi connectivity index (χ2v) is 6.56. The van der Waals surface area contributed by atoms with E-state index in [0.717, 1.165) is 49.3 Å². The topological polar surface area (TPSA) is 40.6 Å². The first-order chi connectivity index (χ1) is 10.6. The van der Waals surface area contributed by atoms with Gasteiger partial charge in [0.2, 0.25) is 5.91 Å². The fourth-order valence-electron chi connectivity index (χ4n) is 3.54. The third-order valence-corrected chi connectivity index (χ3v) is 4.65. The molecule has 0 spiro atoms. The van der Waals surface area contributed by atoms with E-state index >= 15 is 0 Å². The molecule has 0 N–H and O–H groups in total. The molecule has 1 fully saturated rings. The van der Waals surface area contributed by atoms with Crippen LogP contribution in [0, 0.1) is 5.92 Å². The Morgan fingerprint density at radius 1 is 1.36 bits per heavy atom. The Bertz CT molecular complexity index is 597. The van der Waals surface area contributed by atoms with E-state index in [2.05, 4.69) is 13.8 Å². The number of rotatable bonds is 3. The van der Waals surface area contributed by atoms with Crippen molar-refractivity contribution in [1.82, 2.24) is 4.90 Å². The highest BCUT2D eigenvalue weighted by Gasteiger charge is 2.28. The van der Waals surface area contributed by atoms with Crippen molar-refractivity contribution in [3.05, 3.63) is 29.3 Å². The van der Waals surface area contributed by atoms with Crippen molar-refractivity contribution < 1.29 is 9.59 Å². The summed E-state index contributed by atoms with van der Waals surface area (Å²) in [4.78, 5) is 28.5. The lowest BCUT2D eigenvalue weighted by Crippen LogP contribution is -2.39. The molecule has 2 heterocycles. The van der Waals surface area contributed by atoms with Gasteiger partial charge in [-0.15, -0.1) is 0 Å². The summed E-state index contributed by atoms with van der Waals surface area (Å²) in [6, 6.07) is 5.74. The van der Waals surface area contributed by atoms with Crippen molar-refractivity contribution in [2.75, 3.05) is 24.5 Å². The van der Waals surface area contributed by atoms with E-state index in [0.29, 0.717) is 12.3 Å². The van der Waals surface area contributed by atoms with Crippen LogP contribution in [0.3, 0.4) is 0 Å². The van der Waals surface area contributed by atoms with E-state index in [9.17, 15) is 9.59 Å². The molecule has 0 aromatic heterocycles. The Kier molecular flexibility index (Phi) is 4.19. The number of piperidine rings is 1. The van der Waals surface area contributed by atoms with Crippen LogP contribution < -0.4 is 4.90 Å². The Balaban J connectivity index is 1.81. The average molecular weight is 300 g/mol. The van der Waals surface area contributed by atoms with Crippen LogP contribution in [0.2, 0.25) is 0 Å². The van der Waals surface area contributed by atoms with Gasteiger partial charge in [0.05, 0.1) is 6.42 Å². The zero-order valence-corrected chi connectivity index (χ0v) is 13.5. The van der Waals surface area contributed by atoms with Crippen LogP contribution in [0.15, 0.2) is 18.2 Å². The molecule has 2 amide bonds. The normalized spacial score (nSPS) is 21.2. The third kappa shape index (κ3) is 2.74. The highest BCUT2D eigenvalue weighted by Crippen LogP contribution is 2.30. The smallest absolute Gasteiger partial charge is 0.253 e. The number of hydrogen-bond acceptors (Lipinski definition) is 2. The van der Waals surface area contributed by atoms with Gasteiger partial charge >= 0.3 is 0 Å². The molecule has 118 valence electrons. The zero-order valence-electron chi connectivity index (χ0n) is 13.5. The summed E-state index contributed by atoms with van der Waals surface area (Å²) in [7, 11) is 0. The van der Waals surface area contributed by atoms with Gasteiger partial charge in [0.1, 0.15) is 0 Å². The summed E-state index contributed by atoms with van der Waals surface area (Å²) in [6.45, 7) is 6.71. The molecule has 1 atom stereocenters. The van der Waals surface area contributed by atoms with E-state index < -0.39 is 0 Å². The summed E-state index contributed by atoms with van der Waals surface area (Å²) < 4.78 is 0. The number of amides is 2. The third-order valence-electron chi connectivity index (χ3n) is 4.65. The maximum atomic E-state index is 12.7. The van der Waals surface area contributed by atoms with Gasteiger partial charge in [0.25, 0.3) is 5.91 Å². The highest BCUT2D eigenvalue weighted by molar-refractivity contribution is 6.03. The molecule has 1 aromatic carbocycles. The van der Waals surface area contributed by atoms with Crippen molar-refractivity contribution in [3.63, 3.8) is 0 Å². The number of anilines is 1. The van der Waals surface area contributed by atoms with Gasteiger partial charge in [-0.2, -0.15) is 0 Å². The first kappa shape index (κ1) is 15.1. The lowest BCUT2D eigenvalue weighted by molar-refractivity contribution is -0.117. The molecule has 0 bridgehead atoms. The van der Waals surface area contributed by atoms with Gasteiger partial charge in [-0.05, 0) is 48.9 Å². The molecular formula is C18H24N2O2. The largest absolute Gasteiger partial charge is 0.338 e. The molecule has 1 aromatic rings. The molecule has 1 saturated heterocycles. The molecule has 4 heteroatoms. The summed E-state index contributed by atoms with van der Waals surface area (Å²) >= 11 is 0. The van der Waals surface area contributed by atoms with Crippen LogP contribution in [0.5, 0.6) is 0 Å². The number of likely N-dealkylation sites (tertiary alicyclic amines) is 1. The maximum Gasteiger partial charge on any atom is 0.253 e. The first-order valence-electron chi connectivity index (χ1n) is 8.32. The van der Waals surface area contributed by atoms with Gasteiger partial charge in [0.15, 0.2) is 0 Å². The SMILES string of the molecule is CCCN1C(=O)Cc2cc(C(=O)N3CCCC(C)C3)ccc21. The Morgan fingerprint density at radius 2 is 2.18 bits per heavy atom. The van der Waals surface area contributed by atoms with E-state index in [1.165, 1.54) is 6.42 Å². The Hall–Kier alpha value is -1.84. The van der Waals surface area contributed by atoms with E-state index in [4.69, 9.17) is 0 Å². The van der Waals surface area contributed by atoms with Crippen molar-refractivity contribution in [2.24, 2.45) is 5.92 Å². The molecule has 2 aliphatic rings. The van der Waals surface area contributed by atoms with Gasteiger partial charge in [-0.3, -0.25) is 9.59 Å². The monoisotopic (exact) mass is 300 g/mol. The summed E-state index contributed by atoms with van der Waals surface area (Å²) in [5.41, 5.74) is 2.70. The summed E-state index contributed by atoms with van der Waals surface area (Å²) in [5, 5.41) is 0. The minimum Gasteiger partial charge on any atom is -0.338 e. The average Bonchev–Trinajstić information content (AvgIpc) is 2.82. The zero-order chi connectivity index (χ0) is 15.7. The fourth-order valence-corrected chi connectivity index (χ4v) is 3.54. The predicted octanol–water partition coefficient (Wildman–Crippen LogP) is 2.86. The number of carbonyl (C=O) groups excluding carboxylic acids is 2. The molecule has 1 unspecified atom stereocenters. The predicted molar refractivity (Wildman–Crippen MR) is 87.1 cm³/mol. The number of benzene rings is 1. The van der Waals surface area contributed by atoms with Crippen molar-refractivity contribution in [3.8, 4) is 0 Å². The van der Waals surface area contributed by atoms with Gasteiger partial charge in [-0.25, -0.2) is 0 Å². The highest BCUT2D eigenvalue weighted by atomic mass is 16.2. The van der Waals surface area contributed by atoms with Gasteiger partial charge in [-0.1, -0.05) is 13.8 Å². The molecule has 0 radical (unpaired) electrons. The molecule has 2 aliphatic heterocycles. The van der Waals surface area contributed by atoms with Gasteiger partial charge < -0.3 is 9.80 Å². The molecule has 22 heavy (non-hydrogen) atoms. The minimum atomic E-state index is 0.107. The van der Waals surface area contributed by atoms with Crippen LogP contribution >= 0.6 is 0 Å².